The Labute approximate surface area is 252 Å². The number of likely N-dealkylation sites (N-methyl/N-ethyl adjacent to an activating group) is 1. The third kappa shape index (κ3) is 7.60. The second-order valence-electron chi connectivity index (χ2n) is 12.0. The molecule has 0 saturated carbocycles. The van der Waals surface area contributed by atoms with Crippen molar-refractivity contribution in [2.24, 2.45) is 0 Å². The number of piperidine rings is 1. The molecule has 0 spiro atoms. The zero-order valence-electron chi connectivity index (χ0n) is 25.0. The average molecular weight is 561 g/mol. The maximum absolute atomic E-state index is 4.68. The zero-order chi connectivity index (χ0) is 28.6. The largest absolute Gasteiger partial charge is 0.369 e. The van der Waals surface area contributed by atoms with E-state index in [1.54, 1.807) is 0 Å². The number of aromatic nitrogens is 2. The molecule has 1 aromatic heterocycles. The average Bonchev–Trinajstić information content (AvgIpc) is 3.52. The molecule has 2 aliphatic rings. The van der Waals surface area contributed by atoms with Crippen molar-refractivity contribution in [1.82, 2.24) is 24.5 Å². The molecule has 2 saturated heterocycles. The van der Waals surface area contributed by atoms with Crippen LogP contribution < -0.4 is 4.90 Å². The van der Waals surface area contributed by atoms with Gasteiger partial charge < -0.3 is 14.7 Å². The van der Waals surface area contributed by atoms with Crippen molar-refractivity contribution in [2.75, 3.05) is 57.8 Å². The van der Waals surface area contributed by atoms with Crippen molar-refractivity contribution in [3.63, 3.8) is 0 Å². The minimum atomic E-state index is 0.599. The number of hydrogen-bond donors (Lipinski definition) is 0. The summed E-state index contributed by atoms with van der Waals surface area (Å²) in [6.45, 7) is 10.8. The van der Waals surface area contributed by atoms with E-state index in [0.717, 1.165) is 71.9 Å². The Morgan fingerprint density at radius 1 is 0.786 bits per heavy atom. The number of rotatable bonds is 11. The number of hydrogen-bond acceptors (Lipinski definition) is 5. The predicted molar refractivity (Wildman–Crippen MR) is 171 cm³/mol. The minimum Gasteiger partial charge on any atom is -0.369 e. The number of aryl methyl sites for hydroxylation is 1. The Hall–Kier alpha value is -3.63. The van der Waals surface area contributed by atoms with Crippen LogP contribution in [0.4, 0.5) is 5.69 Å². The summed E-state index contributed by atoms with van der Waals surface area (Å²) in [5.41, 5.74) is 6.47. The second kappa shape index (κ2) is 14.0. The molecule has 0 aliphatic carbocycles. The summed E-state index contributed by atoms with van der Waals surface area (Å²) in [5.74, 6) is 0. The number of likely N-dealkylation sites (tertiary alicyclic amines) is 1. The Morgan fingerprint density at radius 3 is 2.29 bits per heavy atom. The molecule has 0 bridgehead atoms. The first kappa shape index (κ1) is 28.5. The van der Waals surface area contributed by atoms with Crippen LogP contribution in [0, 0.1) is 12.1 Å². The van der Waals surface area contributed by atoms with Crippen LogP contribution in [0.25, 0.3) is 11.1 Å². The number of nitrogens with zero attached hydrogens (tertiary/aromatic N) is 6. The van der Waals surface area contributed by atoms with Crippen LogP contribution in [0.3, 0.4) is 0 Å². The Bertz CT molecular complexity index is 1300. The molecule has 6 heteroatoms. The lowest BCUT2D eigenvalue weighted by Gasteiger charge is -2.38. The van der Waals surface area contributed by atoms with Crippen molar-refractivity contribution < 1.29 is 0 Å². The minimum absolute atomic E-state index is 0.599. The van der Waals surface area contributed by atoms with Gasteiger partial charge in [0.15, 0.2) is 0 Å². The molecule has 3 heterocycles. The molecule has 0 unspecified atom stereocenters. The van der Waals surface area contributed by atoms with Crippen LogP contribution in [-0.4, -0.2) is 83.4 Å². The maximum Gasteiger partial charge on any atom is 0.0568 e. The molecular formula is C36H44N6. The first-order valence-electron chi connectivity index (χ1n) is 15.6. The fraction of sp³-hybridized carbons (Fsp3) is 0.417. The van der Waals surface area contributed by atoms with Crippen molar-refractivity contribution in [3.05, 3.63) is 108 Å². The second-order valence-corrected chi connectivity index (χ2v) is 12.0. The van der Waals surface area contributed by atoms with Gasteiger partial charge in [0.25, 0.3) is 0 Å². The highest BCUT2D eigenvalue weighted by Gasteiger charge is 2.25. The van der Waals surface area contributed by atoms with Crippen LogP contribution >= 0.6 is 0 Å². The third-order valence-corrected chi connectivity index (χ3v) is 8.97. The van der Waals surface area contributed by atoms with E-state index in [2.05, 4.69) is 121 Å². The van der Waals surface area contributed by atoms with E-state index >= 15 is 0 Å². The van der Waals surface area contributed by atoms with E-state index in [9.17, 15) is 0 Å². The first-order valence-corrected chi connectivity index (χ1v) is 15.6. The van der Waals surface area contributed by atoms with E-state index in [-0.39, 0.29) is 0 Å². The standard InChI is InChI=1S/C36H44N6/c1-38-23-25-40(26-24-38)35-15-13-33(14-16-35)34-27-37-42(30-34)20-8-19-39-21-17-36(18-22-39)41(28-31-9-4-2-5-10-31)29-32-11-6-3-7-12-32/h2,4-6,9-16,27,30,36H,8,17-26,28-29H2,1H3. The van der Waals surface area contributed by atoms with E-state index in [0.29, 0.717) is 6.04 Å². The van der Waals surface area contributed by atoms with Crippen LogP contribution in [-0.2, 0) is 19.6 Å². The van der Waals surface area contributed by atoms with Crippen LogP contribution in [0.15, 0.2) is 85.2 Å². The monoisotopic (exact) mass is 560 g/mol. The van der Waals surface area contributed by atoms with Gasteiger partial charge in [-0.3, -0.25) is 9.58 Å². The Balaban J connectivity index is 0.965. The maximum atomic E-state index is 4.68. The topological polar surface area (TPSA) is 30.8 Å². The molecule has 0 amide bonds. The molecule has 3 aromatic carbocycles. The molecule has 42 heavy (non-hydrogen) atoms. The Kier molecular flexibility index (Phi) is 9.51. The fourth-order valence-electron chi connectivity index (χ4n) is 6.37. The molecule has 0 radical (unpaired) electrons. The summed E-state index contributed by atoms with van der Waals surface area (Å²) in [7, 11) is 2.20. The van der Waals surface area contributed by atoms with E-state index in [1.807, 2.05) is 12.3 Å². The number of benzene rings is 2. The predicted octanol–water partition coefficient (Wildman–Crippen LogP) is 5.46. The summed E-state index contributed by atoms with van der Waals surface area (Å²) in [6, 6.07) is 32.9. The van der Waals surface area contributed by atoms with E-state index < -0.39 is 0 Å². The lowest BCUT2D eigenvalue weighted by atomic mass is 10.0. The number of anilines is 1. The zero-order valence-corrected chi connectivity index (χ0v) is 25.0. The van der Waals surface area contributed by atoms with Crippen molar-refractivity contribution in [3.8, 4) is 11.1 Å². The van der Waals surface area contributed by atoms with E-state index in [4.69, 9.17) is 0 Å². The van der Waals surface area contributed by atoms with Gasteiger partial charge in [-0.15, -0.1) is 0 Å². The lowest BCUT2D eigenvalue weighted by Crippen LogP contribution is -2.44. The molecule has 6 nitrogen and oxygen atoms in total. The molecule has 0 N–H and O–H groups in total. The molecular weight excluding hydrogens is 516 g/mol. The summed E-state index contributed by atoms with van der Waals surface area (Å²) < 4.78 is 2.12. The van der Waals surface area contributed by atoms with Gasteiger partial charge in [0, 0.05) is 69.3 Å². The molecule has 0 atom stereocenters. The normalized spacial score (nSPS) is 17.0. The van der Waals surface area contributed by atoms with Crippen molar-refractivity contribution in [1.29, 1.82) is 0 Å². The third-order valence-electron chi connectivity index (χ3n) is 8.97. The molecule has 218 valence electrons. The number of piperazine rings is 1. The van der Waals surface area contributed by atoms with Crippen LogP contribution in [0.1, 0.15) is 30.4 Å². The van der Waals surface area contributed by atoms with E-state index in [1.165, 1.54) is 40.8 Å². The van der Waals surface area contributed by atoms with Crippen LogP contribution in [0.5, 0.6) is 0 Å². The van der Waals surface area contributed by atoms with Crippen molar-refractivity contribution >= 4 is 5.69 Å². The Morgan fingerprint density at radius 2 is 1.55 bits per heavy atom. The molecule has 2 aliphatic heterocycles. The highest BCUT2D eigenvalue weighted by molar-refractivity contribution is 5.65. The van der Waals surface area contributed by atoms with Gasteiger partial charge in [-0.2, -0.15) is 5.10 Å². The summed E-state index contributed by atoms with van der Waals surface area (Å²) in [6.07, 6.45) is 7.77. The van der Waals surface area contributed by atoms with Gasteiger partial charge >= 0.3 is 0 Å². The quantitative estimate of drug-likeness (QED) is 0.243. The highest BCUT2D eigenvalue weighted by Crippen LogP contribution is 2.24. The van der Waals surface area contributed by atoms with Crippen LogP contribution in [0.2, 0.25) is 0 Å². The van der Waals surface area contributed by atoms with Gasteiger partial charge in [-0.05, 0) is 93.0 Å². The van der Waals surface area contributed by atoms with Gasteiger partial charge in [0.2, 0.25) is 0 Å². The van der Waals surface area contributed by atoms with Gasteiger partial charge in [0.1, 0.15) is 0 Å². The molecule has 2 fully saturated rings. The molecule has 6 rings (SSSR count). The molecule has 4 aromatic rings. The smallest absolute Gasteiger partial charge is 0.0568 e. The van der Waals surface area contributed by atoms with Gasteiger partial charge in [0.05, 0.1) is 6.20 Å². The first-order chi connectivity index (χ1) is 20.7. The van der Waals surface area contributed by atoms with Gasteiger partial charge in [-0.25, -0.2) is 0 Å². The summed E-state index contributed by atoms with van der Waals surface area (Å²) >= 11 is 0. The highest BCUT2D eigenvalue weighted by atomic mass is 15.3. The lowest BCUT2D eigenvalue weighted by molar-refractivity contribution is 0.0953. The fourth-order valence-corrected chi connectivity index (χ4v) is 6.37. The van der Waals surface area contributed by atoms with Gasteiger partial charge in [-0.1, -0.05) is 54.6 Å². The van der Waals surface area contributed by atoms with Crippen molar-refractivity contribution in [2.45, 2.75) is 44.9 Å². The summed E-state index contributed by atoms with van der Waals surface area (Å²) in [4.78, 5) is 10.2. The SMILES string of the molecule is CN1CCN(c2ccc(-c3cnn(CCCN4CCC(N(Cc5cc#ccc5)Cc5ccccc5)CC4)c3)cc2)CC1. The summed E-state index contributed by atoms with van der Waals surface area (Å²) in [5, 5.41) is 4.68.